The van der Waals surface area contributed by atoms with E-state index in [0.29, 0.717) is 6.61 Å². The van der Waals surface area contributed by atoms with Crippen LogP contribution in [-0.2, 0) is 7.05 Å². The molecule has 0 aliphatic rings. The normalized spacial score (nSPS) is 9.90. The summed E-state index contributed by atoms with van der Waals surface area (Å²) in [6, 6.07) is 9.69. The highest BCUT2D eigenvalue weighted by molar-refractivity contribution is 5.65. The number of aromatic nitrogens is 1. The van der Waals surface area contributed by atoms with Crippen molar-refractivity contribution in [3.8, 4) is 28.8 Å². The van der Waals surface area contributed by atoms with Gasteiger partial charge in [-0.2, -0.15) is 0 Å². The zero-order valence-corrected chi connectivity index (χ0v) is 12.9. The Balaban J connectivity index is 2.39. The van der Waals surface area contributed by atoms with Gasteiger partial charge in [0.15, 0.2) is 0 Å². The molecule has 0 bridgehead atoms. The molecule has 3 nitrogen and oxygen atoms in total. The lowest BCUT2D eigenvalue weighted by Crippen LogP contribution is -2.20. The molecule has 2 rings (SSSR count). The van der Waals surface area contributed by atoms with Gasteiger partial charge in [-0.05, 0) is 50.6 Å². The van der Waals surface area contributed by atoms with E-state index < -0.39 is 0 Å². The molecule has 0 atom stereocenters. The summed E-state index contributed by atoms with van der Waals surface area (Å²) in [6.45, 7) is 6.01. The molecule has 1 aromatic heterocycles. The Morgan fingerprint density at radius 1 is 1.14 bits per heavy atom. The zero-order valence-electron chi connectivity index (χ0n) is 12.9. The van der Waals surface area contributed by atoms with E-state index in [2.05, 4.69) is 11.8 Å². The fraction of sp³-hybridized carbons (Fsp3) is 0.278. The molecular weight excluding hydrogens is 262 g/mol. The van der Waals surface area contributed by atoms with Crippen molar-refractivity contribution in [1.29, 1.82) is 0 Å². The first-order valence-corrected chi connectivity index (χ1v) is 6.84. The maximum atomic E-state index is 12.0. The second-order valence-corrected chi connectivity index (χ2v) is 4.96. The topological polar surface area (TPSA) is 31.2 Å². The summed E-state index contributed by atoms with van der Waals surface area (Å²) in [7, 11) is 1.80. The molecule has 0 saturated heterocycles. The maximum absolute atomic E-state index is 12.0. The second-order valence-electron chi connectivity index (χ2n) is 4.96. The van der Waals surface area contributed by atoms with Crippen LogP contribution in [-0.4, -0.2) is 11.2 Å². The number of benzene rings is 1. The van der Waals surface area contributed by atoms with Gasteiger partial charge in [0.1, 0.15) is 12.4 Å². The highest BCUT2D eigenvalue weighted by Crippen LogP contribution is 2.26. The summed E-state index contributed by atoms with van der Waals surface area (Å²) in [5.41, 5.74) is 3.78. The lowest BCUT2D eigenvalue weighted by atomic mass is 10.0. The molecule has 0 amide bonds. The Morgan fingerprint density at radius 3 is 2.57 bits per heavy atom. The van der Waals surface area contributed by atoms with Gasteiger partial charge in [0.05, 0.1) is 5.69 Å². The van der Waals surface area contributed by atoms with Crippen molar-refractivity contribution in [3.63, 3.8) is 0 Å². The van der Waals surface area contributed by atoms with Crippen LogP contribution in [0.25, 0.3) is 11.3 Å². The van der Waals surface area contributed by atoms with Crippen LogP contribution in [0.2, 0.25) is 0 Å². The van der Waals surface area contributed by atoms with Gasteiger partial charge < -0.3 is 9.30 Å². The zero-order chi connectivity index (χ0) is 15.4. The molecule has 0 spiro atoms. The van der Waals surface area contributed by atoms with Gasteiger partial charge >= 0.3 is 0 Å². The van der Waals surface area contributed by atoms with Crippen LogP contribution in [0.15, 0.2) is 35.1 Å². The molecule has 1 heterocycles. The Kier molecular flexibility index (Phi) is 4.49. The molecule has 0 aliphatic heterocycles. The van der Waals surface area contributed by atoms with Gasteiger partial charge in [0.25, 0.3) is 5.56 Å². The first-order valence-electron chi connectivity index (χ1n) is 6.84. The summed E-state index contributed by atoms with van der Waals surface area (Å²) in [5.74, 6) is 6.45. The van der Waals surface area contributed by atoms with Crippen LogP contribution in [0.1, 0.15) is 18.1 Å². The first kappa shape index (κ1) is 14.9. The van der Waals surface area contributed by atoms with Crippen LogP contribution in [0.4, 0.5) is 0 Å². The lowest BCUT2D eigenvalue weighted by Gasteiger charge is -2.13. The Morgan fingerprint density at radius 2 is 1.90 bits per heavy atom. The van der Waals surface area contributed by atoms with Crippen molar-refractivity contribution in [2.45, 2.75) is 20.8 Å². The number of hydrogen-bond donors (Lipinski definition) is 0. The molecule has 108 valence electrons. The summed E-state index contributed by atoms with van der Waals surface area (Å²) >= 11 is 0. The highest BCUT2D eigenvalue weighted by atomic mass is 16.5. The molecule has 0 fully saturated rings. The molecule has 3 heteroatoms. The minimum absolute atomic E-state index is 0.0328. The van der Waals surface area contributed by atoms with Crippen molar-refractivity contribution < 1.29 is 4.74 Å². The third kappa shape index (κ3) is 3.17. The van der Waals surface area contributed by atoms with Crippen molar-refractivity contribution in [1.82, 2.24) is 4.57 Å². The third-order valence-electron chi connectivity index (χ3n) is 3.46. The molecule has 2 aromatic rings. The fourth-order valence-corrected chi connectivity index (χ4v) is 2.24. The molecule has 0 saturated carbocycles. The molecule has 0 unspecified atom stereocenters. The minimum Gasteiger partial charge on any atom is -0.481 e. The second kappa shape index (κ2) is 6.32. The summed E-state index contributed by atoms with van der Waals surface area (Å²) in [4.78, 5) is 12.0. The van der Waals surface area contributed by atoms with Crippen LogP contribution in [0, 0.1) is 25.7 Å². The predicted molar refractivity (Wildman–Crippen MR) is 85.5 cm³/mol. The maximum Gasteiger partial charge on any atom is 0.253 e. The van der Waals surface area contributed by atoms with Crippen LogP contribution in [0.3, 0.4) is 0 Å². The average molecular weight is 281 g/mol. The SMILES string of the molecule is CC#CCOc1ccc(-c2ccc(C)c(=O)n2C)c(C)c1. The fourth-order valence-electron chi connectivity index (χ4n) is 2.24. The van der Waals surface area contributed by atoms with Crippen molar-refractivity contribution >= 4 is 0 Å². The Labute approximate surface area is 125 Å². The number of aryl methyl sites for hydroxylation is 2. The minimum atomic E-state index is 0.0328. The van der Waals surface area contributed by atoms with Gasteiger partial charge in [-0.15, -0.1) is 5.92 Å². The Hall–Kier alpha value is -2.47. The molecule has 0 aliphatic carbocycles. The molecule has 21 heavy (non-hydrogen) atoms. The van der Waals surface area contributed by atoms with E-state index in [0.717, 1.165) is 28.1 Å². The third-order valence-corrected chi connectivity index (χ3v) is 3.46. The van der Waals surface area contributed by atoms with E-state index in [9.17, 15) is 4.79 Å². The number of pyridine rings is 1. The van der Waals surface area contributed by atoms with Crippen LogP contribution in [0.5, 0.6) is 5.75 Å². The summed E-state index contributed by atoms with van der Waals surface area (Å²) < 4.78 is 7.23. The number of rotatable bonds is 3. The van der Waals surface area contributed by atoms with Crippen LogP contribution < -0.4 is 10.3 Å². The Bertz CT molecular complexity index is 776. The van der Waals surface area contributed by atoms with E-state index >= 15 is 0 Å². The first-order chi connectivity index (χ1) is 10.0. The van der Waals surface area contributed by atoms with Crippen LogP contribution >= 0.6 is 0 Å². The van der Waals surface area contributed by atoms with Gasteiger partial charge in [-0.3, -0.25) is 4.79 Å². The highest BCUT2D eigenvalue weighted by Gasteiger charge is 2.08. The van der Waals surface area contributed by atoms with Crippen molar-refractivity contribution in [3.05, 3.63) is 51.8 Å². The molecule has 0 N–H and O–H groups in total. The lowest BCUT2D eigenvalue weighted by molar-refractivity contribution is 0.370. The quantitative estimate of drug-likeness (QED) is 0.810. The average Bonchev–Trinajstić information content (AvgIpc) is 2.46. The number of nitrogens with zero attached hydrogens (tertiary/aromatic N) is 1. The molecule has 0 radical (unpaired) electrons. The van der Waals surface area contributed by atoms with Gasteiger partial charge in [0, 0.05) is 18.2 Å². The number of ether oxygens (including phenoxy) is 1. The smallest absolute Gasteiger partial charge is 0.253 e. The van der Waals surface area contributed by atoms with Gasteiger partial charge in [-0.25, -0.2) is 0 Å². The van der Waals surface area contributed by atoms with Crippen molar-refractivity contribution in [2.24, 2.45) is 7.05 Å². The number of hydrogen-bond acceptors (Lipinski definition) is 2. The summed E-state index contributed by atoms with van der Waals surface area (Å²) in [6.07, 6.45) is 0. The molecular formula is C18H19NO2. The summed E-state index contributed by atoms with van der Waals surface area (Å²) in [5, 5.41) is 0. The predicted octanol–water partition coefficient (Wildman–Crippen LogP) is 3.07. The van der Waals surface area contributed by atoms with E-state index in [1.165, 1.54) is 0 Å². The van der Waals surface area contributed by atoms with Gasteiger partial charge in [0.2, 0.25) is 0 Å². The van der Waals surface area contributed by atoms with Crippen molar-refractivity contribution in [2.75, 3.05) is 6.61 Å². The van der Waals surface area contributed by atoms with Gasteiger partial charge in [-0.1, -0.05) is 12.0 Å². The monoisotopic (exact) mass is 281 g/mol. The van der Waals surface area contributed by atoms with E-state index in [-0.39, 0.29) is 5.56 Å². The van der Waals surface area contributed by atoms with E-state index in [4.69, 9.17) is 4.74 Å². The largest absolute Gasteiger partial charge is 0.481 e. The van der Waals surface area contributed by atoms with E-state index in [1.54, 1.807) is 18.5 Å². The molecule has 1 aromatic carbocycles. The standard InChI is InChI=1S/C18H19NO2/c1-5-6-11-21-15-8-9-16(14(3)12-15)17-10-7-13(2)18(20)19(17)4/h7-10,12H,11H2,1-4H3. The van der Waals surface area contributed by atoms with E-state index in [1.807, 2.05) is 44.2 Å².